The smallest absolute Gasteiger partial charge is 0.409 e. The molecule has 0 aromatic heterocycles. The Bertz CT molecular complexity index is 221. The van der Waals surface area contributed by atoms with Crippen LogP contribution in [0.5, 0.6) is 0 Å². The standard InChI is InChI=1S/C8H16F3N3O2/c1-6(7(12)14-15)4-13-2-3-16-5-8(9,10)11/h6,13,15H,2-5H2,1H3,(H2,12,14). The van der Waals surface area contributed by atoms with Crippen molar-refractivity contribution >= 4 is 5.84 Å². The molecule has 5 nitrogen and oxygen atoms in total. The molecule has 0 heterocycles. The van der Waals surface area contributed by atoms with E-state index < -0.39 is 12.8 Å². The minimum absolute atomic E-state index is 0.0393. The average Bonchev–Trinajstić information content (AvgIpc) is 2.20. The quantitative estimate of drug-likeness (QED) is 0.200. The second kappa shape index (κ2) is 7.29. The van der Waals surface area contributed by atoms with Crippen molar-refractivity contribution in [2.75, 3.05) is 26.3 Å². The molecule has 0 aromatic carbocycles. The molecule has 4 N–H and O–H groups in total. The molecule has 1 unspecified atom stereocenters. The lowest BCUT2D eigenvalue weighted by atomic mass is 10.1. The summed E-state index contributed by atoms with van der Waals surface area (Å²) in [6.07, 6.45) is -4.29. The van der Waals surface area contributed by atoms with Gasteiger partial charge in [0.25, 0.3) is 0 Å². The summed E-state index contributed by atoms with van der Waals surface area (Å²) in [5, 5.41) is 14.0. The van der Waals surface area contributed by atoms with E-state index >= 15 is 0 Å². The molecule has 0 radical (unpaired) electrons. The maximum absolute atomic E-state index is 11.6. The van der Waals surface area contributed by atoms with Crippen LogP contribution in [0.4, 0.5) is 13.2 Å². The molecular weight excluding hydrogens is 227 g/mol. The Labute approximate surface area is 91.4 Å². The van der Waals surface area contributed by atoms with Crippen LogP contribution in [-0.4, -0.2) is 43.5 Å². The van der Waals surface area contributed by atoms with E-state index in [2.05, 4.69) is 15.2 Å². The van der Waals surface area contributed by atoms with Crippen molar-refractivity contribution < 1.29 is 23.1 Å². The van der Waals surface area contributed by atoms with Gasteiger partial charge in [0.15, 0.2) is 0 Å². The topological polar surface area (TPSA) is 79.9 Å². The Balaban J connectivity index is 3.41. The lowest BCUT2D eigenvalue weighted by molar-refractivity contribution is -0.173. The Morgan fingerprint density at radius 2 is 2.19 bits per heavy atom. The van der Waals surface area contributed by atoms with E-state index in [4.69, 9.17) is 10.9 Å². The van der Waals surface area contributed by atoms with Gasteiger partial charge in [0, 0.05) is 19.0 Å². The molecule has 0 aromatic rings. The van der Waals surface area contributed by atoms with Gasteiger partial charge in [0.2, 0.25) is 0 Å². The minimum atomic E-state index is -4.29. The van der Waals surface area contributed by atoms with Crippen LogP contribution in [0.3, 0.4) is 0 Å². The van der Waals surface area contributed by atoms with Gasteiger partial charge in [-0.2, -0.15) is 13.2 Å². The predicted octanol–water partition coefficient (Wildman–Crippen LogP) is 0.537. The zero-order valence-electron chi connectivity index (χ0n) is 8.92. The number of nitrogens with zero attached hydrogens (tertiary/aromatic N) is 1. The Morgan fingerprint density at radius 1 is 1.56 bits per heavy atom. The normalized spacial score (nSPS) is 15.1. The van der Waals surface area contributed by atoms with Crippen LogP contribution in [0.2, 0.25) is 0 Å². The molecule has 0 aliphatic rings. The lowest BCUT2D eigenvalue weighted by Crippen LogP contribution is -2.33. The van der Waals surface area contributed by atoms with Gasteiger partial charge in [0.1, 0.15) is 12.4 Å². The van der Waals surface area contributed by atoms with Gasteiger partial charge >= 0.3 is 6.18 Å². The van der Waals surface area contributed by atoms with Crippen molar-refractivity contribution in [2.45, 2.75) is 13.1 Å². The first-order valence-corrected chi connectivity index (χ1v) is 4.69. The fraction of sp³-hybridized carbons (Fsp3) is 0.875. The van der Waals surface area contributed by atoms with Crippen molar-refractivity contribution in [3.05, 3.63) is 0 Å². The number of halogens is 3. The molecule has 0 spiro atoms. The first kappa shape index (κ1) is 15.0. The fourth-order valence-electron chi connectivity index (χ4n) is 0.854. The van der Waals surface area contributed by atoms with Crippen molar-refractivity contribution in [1.82, 2.24) is 5.32 Å². The third-order valence-corrected chi connectivity index (χ3v) is 1.76. The molecule has 1 atom stereocenters. The van der Waals surface area contributed by atoms with Crippen LogP contribution in [0.15, 0.2) is 5.16 Å². The van der Waals surface area contributed by atoms with Crippen molar-refractivity contribution in [2.24, 2.45) is 16.8 Å². The molecule has 0 fully saturated rings. The number of nitrogens with two attached hydrogens (primary N) is 1. The number of alkyl halides is 3. The van der Waals surface area contributed by atoms with E-state index in [-0.39, 0.29) is 24.9 Å². The molecule has 8 heteroatoms. The summed E-state index contributed by atoms with van der Waals surface area (Å²) < 4.78 is 39.3. The SMILES string of the molecule is CC(CNCCOCC(F)(F)F)C(N)=NO. The van der Waals surface area contributed by atoms with Gasteiger partial charge in [-0.25, -0.2) is 0 Å². The number of hydrogen-bond donors (Lipinski definition) is 3. The zero-order chi connectivity index (χ0) is 12.6. The highest BCUT2D eigenvalue weighted by Gasteiger charge is 2.27. The summed E-state index contributed by atoms with van der Waals surface area (Å²) in [5.41, 5.74) is 5.29. The number of hydrogen-bond acceptors (Lipinski definition) is 4. The summed E-state index contributed by atoms with van der Waals surface area (Å²) in [6, 6.07) is 0. The van der Waals surface area contributed by atoms with Crippen LogP contribution in [-0.2, 0) is 4.74 Å². The van der Waals surface area contributed by atoms with Crippen LogP contribution in [0.1, 0.15) is 6.92 Å². The van der Waals surface area contributed by atoms with Crippen LogP contribution in [0.25, 0.3) is 0 Å². The fourth-order valence-corrected chi connectivity index (χ4v) is 0.854. The second-order valence-corrected chi connectivity index (χ2v) is 3.30. The van der Waals surface area contributed by atoms with Gasteiger partial charge in [-0.1, -0.05) is 12.1 Å². The summed E-state index contributed by atoms with van der Waals surface area (Å²) in [6.45, 7) is 1.12. The van der Waals surface area contributed by atoms with Gasteiger partial charge < -0.3 is 21.0 Å². The van der Waals surface area contributed by atoms with Gasteiger partial charge in [-0.05, 0) is 0 Å². The van der Waals surface area contributed by atoms with Crippen LogP contribution < -0.4 is 11.1 Å². The zero-order valence-corrected chi connectivity index (χ0v) is 8.92. The van der Waals surface area contributed by atoms with Crippen LogP contribution in [0, 0.1) is 5.92 Å². The highest BCUT2D eigenvalue weighted by Crippen LogP contribution is 2.13. The van der Waals surface area contributed by atoms with E-state index in [1.165, 1.54) is 0 Å². The van der Waals surface area contributed by atoms with E-state index in [0.717, 1.165) is 0 Å². The Hall–Kier alpha value is -1.02. The predicted molar refractivity (Wildman–Crippen MR) is 52.3 cm³/mol. The van der Waals surface area contributed by atoms with Gasteiger partial charge in [0.05, 0.1) is 6.61 Å². The number of oxime groups is 1. The molecule has 16 heavy (non-hydrogen) atoms. The van der Waals surface area contributed by atoms with Gasteiger partial charge in [-0.3, -0.25) is 0 Å². The third kappa shape index (κ3) is 8.30. The first-order chi connectivity index (χ1) is 7.37. The average molecular weight is 243 g/mol. The molecule has 0 rings (SSSR count). The molecule has 96 valence electrons. The number of ether oxygens (including phenoxy) is 1. The molecule has 0 saturated heterocycles. The summed E-state index contributed by atoms with van der Waals surface area (Å²) in [7, 11) is 0. The van der Waals surface area contributed by atoms with Crippen molar-refractivity contribution in [1.29, 1.82) is 0 Å². The molecule has 0 aliphatic heterocycles. The molecule has 0 aliphatic carbocycles. The van der Waals surface area contributed by atoms with Crippen LogP contribution >= 0.6 is 0 Å². The van der Waals surface area contributed by atoms with E-state index in [0.29, 0.717) is 6.54 Å². The third-order valence-electron chi connectivity index (χ3n) is 1.76. The summed E-state index contributed by atoms with van der Waals surface area (Å²) in [4.78, 5) is 0. The van der Waals surface area contributed by atoms with E-state index in [9.17, 15) is 13.2 Å². The maximum atomic E-state index is 11.6. The highest BCUT2D eigenvalue weighted by molar-refractivity contribution is 5.82. The molecule has 0 saturated carbocycles. The number of rotatable bonds is 7. The summed E-state index contributed by atoms with van der Waals surface area (Å²) in [5.74, 6) is -0.115. The maximum Gasteiger partial charge on any atom is 0.411 e. The number of nitrogens with one attached hydrogen (secondary N) is 1. The lowest BCUT2D eigenvalue weighted by Gasteiger charge is -2.11. The Morgan fingerprint density at radius 3 is 2.69 bits per heavy atom. The molecule has 0 bridgehead atoms. The van der Waals surface area contributed by atoms with Gasteiger partial charge in [-0.15, -0.1) is 0 Å². The molecule has 0 amide bonds. The Kier molecular flexibility index (Phi) is 6.82. The largest absolute Gasteiger partial charge is 0.411 e. The second-order valence-electron chi connectivity index (χ2n) is 3.30. The number of amidine groups is 1. The highest BCUT2D eigenvalue weighted by atomic mass is 19.4. The minimum Gasteiger partial charge on any atom is -0.409 e. The van der Waals surface area contributed by atoms with Crippen molar-refractivity contribution in [3.63, 3.8) is 0 Å². The summed E-state index contributed by atoms with van der Waals surface area (Å²) >= 11 is 0. The monoisotopic (exact) mass is 243 g/mol. The van der Waals surface area contributed by atoms with Crippen molar-refractivity contribution in [3.8, 4) is 0 Å². The van der Waals surface area contributed by atoms with E-state index in [1.807, 2.05) is 0 Å². The first-order valence-electron chi connectivity index (χ1n) is 4.69. The van der Waals surface area contributed by atoms with E-state index in [1.54, 1.807) is 6.92 Å². The molecular formula is C8H16F3N3O2.